The van der Waals surface area contributed by atoms with Gasteiger partial charge in [0.15, 0.2) is 0 Å². The lowest BCUT2D eigenvalue weighted by Crippen LogP contribution is -2.56. The highest BCUT2D eigenvalue weighted by Gasteiger charge is 2.52. The smallest absolute Gasteiger partial charge is 0.333 e. The van der Waals surface area contributed by atoms with Gasteiger partial charge in [-0.2, -0.15) is 0 Å². The number of ether oxygens (including phenoxy) is 1. The molecule has 4 heteroatoms. The summed E-state index contributed by atoms with van der Waals surface area (Å²) in [5.41, 5.74) is 4.78. The molecule has 142 valence electrons. The fourth-order valence-electron chi connectivity index (χ4n) is 3.00. The molecule has 0 saturated carbocycles. The second-order valence-electron chi connectivity index (χ2n) is 10.1. The summed E-state index contributed by atoms with van der Waals surface area (Å²) >= 11 is 0. The third kappa shape index (κ3) is 5.59. The van der Waals surface area contributed by atoms with E-state index in [1.807, 2.05) is 62.3 Å². The van der Waals surface area contributed by atoms with Gasteiger partial charge in [-0.1, -0.05) is 55.0 Å². The van der Waals surface area contributed by atoms with Crippen molar-refractivity contribution in [2.45, 2.75) is 93.4 Å². The molecule has 0 spiro atoms. The fourth-order valence-corrected chi connectivity index (χ4v) is 3.00. The molecule has 2 unspecified atom stereocenters. The molecule has 0 aromatic rings. The van der Waals surface area contributed by atoms with Gasteiger partial charge in [-0.3, -0.25) is 0 Å². The van der Waals surface area contributed by atoms with Crippen molar-refractivity contribution in [1.29, 1.82) is 0 Å². The summed E-state index contributed by atoms with van der Waals surface area (Å²) in [6.45, 7) is 23.3. The second-order valence-corrected chi connectivity index (χ2v) is 10.1. The van der Waals surface area contributed by atoms with Gasteiger partial charge in [0.05, 0.1) is 6.10 Å². The topological polar surface area (TPSA) is 72.5 Å². The van der Waals surface area contributed by atoms with E-state index in [9.17, 15) is 9.90 Å². The molecule has 0 fully saturated rings. The Morgan fingerprint density at radius 2 is 1.46 bits per heavy atom. The molecule has 0 radical (unpaired) electrons. The van der Waals surface area contributed by atoms with Crippen LogP contribution in [0.4, 0.5) is 0 Å². The molecule has 3 N–H and O–H groups in total. The normalized spacial score (nSPS) is 16.5. The Hall–Kier alpha value is -0.870. The number of aliphatic hydroxyl groups is 1. The van der Waals surface area contributed by atoms with Crippen LogP contribution >= 0.6 is 0 Å². The van der Waals surface area contributed by atoms with Gasteiger partial charge in [-0.05, 0) is 31.6 Å². The Bertz CT molecular complexity index is 464. The lowest BCUT2D eigenvalue weighted by Gasteiger charge is -2.52. The molecule has 0 aromatic heterocycles. The second kappa shape index (κ2) is 7.17. The molecule has 0 aliphatic rings. The van der Waals surface area contributed by atoms with Crippen LogP contribution in [0, 0.1) is 16.2 Å². The molecule has 24 heavy (non-hydrogen) atoms. The van der Waals surface area contributed by atoms with Crippen LogP contribution in [-0.2, 0) is 9.53 Å². The number of carbonyl (C=O) groups excluding carboxylic acids is 1. The van der Waals surface area contributed by atoms with Crippen molar-refractivity contribution in [1.82, 2.24) is 0 Å². The zero-order chi connectivity index (χ0) is 19.7. The highest BCUT2D eigenvalue weighted by molar-refractivity contribution is 5.87. The predicted molar refractivity (Wildman–Crippen MR) is 101 cm³/mol. The minimum atomic E-state index is -0.577. The van der Waals surface area contributed by atoms with Crippen molar-refractivity contribution in [3.63, 3.8) is 0 Å². The molecule has 0 aromatic carbocycles. The molecule has 0 heterocycles. The highest BCUT2D eigenvalue weighted by atomic mass is 16.5. The monoisotopic (exact) mass is 341 g/mol. The predicted octanol–water partition coefficient (Wildman–Crippen LogP) is 4.06. The van der Waals surface area contributed by atoms with E-state index in [1.165, 1.54) is 0 Å². The summed E-state index contributed by atoms with van der Waals surface area (Å²) in [5.74, 6) is -0.418. The van der Waals surface area contributed by atoms with E-state index in [2.05, 4.69) is 6.58 Å². The van der Waals surface area contributed by atoms with E-state index < -0.39 is 34.5 Å². The van der Waals surface area contributed by atoms with Gasteiger partial charge in [0.1, 0.15) is 6.10 Å². The summed E-state index contributed by atoms with van der Waals surface area (Å²) in [6, 6.07) is 0. The van der Waals surface area contributed by atoms with Crippen molar-refractivity contribution in [2.24, 2.45) is 22.0 Å². The number of aliphatic hydroxyl groups excluding tert-OH is 1. The molecule has 2 atom stereocenters. The van der Waals surface area contributed by atoms with Crippen LogP contribution < -0.4 is 5.73 Å². The van der Waals surface area contributed by atoms with Crippen molar-refractivity contribution >= 4 is 5.97 Å². The first kappa shape index (κ1) is 23.1. The molecular formula is C20H39NO3. The standard InChI is InChI=1S/C20H39NO3/c1-13(2)15(22)24-14(12-18(6,7)21)19(8,9)20(10,11)16(23)17(3,4)5/h14,16,23H,1,12,21H2,2-11H3. The average molecular weight is 342 g/mol. The SMILES string of the molecule is C=C(C)C(=O)OC(CC(C)(C)N)C(C)(C)C(C)(C)C(O)C(C)(C)C. The minimum Gasteiger partial charge on any atom is -0.458 e. The van der Waals surface area contributed by atoms with Crippen LogP contribution in [-0.4, -0.2) is 28.8 Å². The average Bonchev–Trinajstić information content (AvgIpc) is 2.33. The zero-order valence-electron chi connectivity index (χ0n) is 17.4. The summed E-state index contributed by atoms with van der Waals surface area (Å²) in [7, 11) is 0. The Morgan fingerprint density at radius 1 is 1.04 bits per heavy atom. The van der Waals surface area contributed by atoms with Gasteiger partial charge in [0, 0.05) is 22.9 Å². The number of hydrogen-bond donors (Lipinski definition) is 2. The third-order valence-corrected chi connectivity index (χ3v) is 5.28. The largest absolute Gasteiger partial charge is 0.458 e. The number of nitrogens with two attached hydrogens (primary N) is 1. The molecule has 0 rings (SSSR count). The van der Waals surface area contributed by atoms with Crippen LogP contribution in [0.25, 0.3) is 0 Å². The minimum absolute atomic E-state index is 0.290. The quantitative estimate of drug-likeness (QED) is 0.541. The lowest BCUT2D eigenvalue weighted by molar-refractivity contribution is -0.173. The Morgan fingerprint density at radius 3 is 1.75 bits per heavy atom. The van der Waals surface area contributed by atoms with Crippen LogP contribution in [0.15, 0.2) is 12.2 Å². The van der Waals surface area contributed by atoms with E-state index >= 15 is 0 Å². The number of carbonyl (C=O) groups is 1. The number of rotatable bonds is 7. The first-order chi connectivity index (χ1) is 10.3. The molecule has 4 nitrogen and oxygen atoms in total. The van der Waals surface area contributed by atoms with E-state index in [-0.39, 0.29) is 5.41 Å². The van der Waals surface area contributed by atoms with Crippen molar-refractivity contribution in [3.05, 3.63) is 12.2 Å². The zero-order valence-corrected chi connectivity index (χ0v) is 17.4. The molecular weight excluding hydrogens is 302 g/mol. The van der Waals surface area contributed by atoms with Crippen molar-refractivity contribution < 1.29 is 14.6 Å². The Kier molecular flexibility index (Phi) is 6.91. The molecule has 0 aliphatic heterocycles. The summed E-state index contributed by atoms with van der Waals surface area (Å²) in [6.07, 6.45) is -0.514. The highest BCUT2D eigenvalue weighted by Crippen LogP contribution is 2.50. The van der Waals surface area contributed by atoms with E-state index in [0.717, 1.165) is 0 Å². The van der Waals surface area contributed by atoms with Crippen LogP contribution in [0.2, 0.25) is 0 Å². The first-order valence-corrected chi connectivity index (χ1v) is 8.67. The van der Waals surface area contributed by atoms with Crippen molar-refractivity contribution in [3.8, 4) is 0 Å². The van der Waals surface area contributed by atoms with E-state index in [1.54, 1.807) is 6.92 Å². The maximum atomic E-state index is 12.2. The number of esters is 1. The van der Waals surface area contributed by atoms with E-state index in [4.69, 9.17) is 10.5 Å². The Labute approximate surface area is 148 Å². The number of hydrogen-bond acceptors (Lipinski definition) is 4. The van der Waals surface area contributed by atoms with Gasteiger partial charge in [-0.15, -0.1) is 0 Å². The van der Waals surface area contributed by atoms with E-state index in [0.29, 0.717) is 12.0 Å². The fraction of sp³-hybridized carbons (Fsp3) is 0.850. The molecule has 0 saturated heterocycles. The summed E-state index contributed by atoms with van der Waals surface area (Å²) < 4.78 is 5.77. The van der Waals surface area contributed by atoms with Crippen LogP contribution in [0.5, 0.6) is 0 Å². The lowest BCUT2D eigenvalue weighted by atomic mass is 9.56. The maximum Gasteiger partial charge on any atom is 0.333 e. The maximum absolute atomic E-state index is 12.2. The van der Waals surface area contributed by atoms with Gasteiger partial charge >= 0.3 is 5.97 Å². The Balaban J connectivity index is 5.87. The van der Waals surface area contributed by atoms with Crippen molar-refractivity contribution in [2.75, 3.05) is 0 Å². The summed E-state index contributed by atoms with van der Waals surface area (Å²) in [5, 5.41) is 11.0. The van der Waals surface area contributed by atoms with Crippen LogP contribution in [0.1, 0.15) is 75.7 Å². The molecule has 0 amide bonds. The molecule has 0 bridgehead atoms. The third-order valence-electron chi connectivity index (χ3n) is 5.28. The first-order valence-electron chi connectivity index (χ1n) is 8.67. The van der Waals surface area contributed by atoms with Crippen LogP contribution in [0.3, 0.4) is 0 Å². The van der Waals surface area contributed by atoms with Gasteiger partial charge in [0.25, 0.3) is 0 Å². The van der Waals surface area contributed by atoms with Gasteiger partial charge < -0.3 is 15.6 Å². The summed E-state index contributed by atoms with van der Waals surface area (Å²) in [4.78, 5) is 12.2. The van der Waals surface area contributed by atoms with Gasteiger partial charge in [0.2, 0.25) is 0 Å². The molecule has 0 aliphatic carbocycles. The van der Waals surface area contributed by atoms with Gasteiger partial charge in [-0.25, -0.2) is 4.79 Å².